The molecule has 138 valence electrons. The minimum atomic E-state index is -0.00155. The maximum Gasteiger partial charge on any atom is 0.223 e. The van der Waals surface area contributed by atoms with Crippen LogP contribution in [0.25, 0.3) is 0 Å². The maximum absolute atomic E-state index is 12.3. The van der Waals surface area contributed by atoms with Crippen molar-refractivity contribution in [3.05, 3.63) is 60.1 Å². The van der Waals surface area contributed by atoms with Crippen LogP contribution in [-0.2, 0) is 22.6 Å². The highest BCUT2D eigenvalue weighted by Crippen LogP contribution is 2.29. The zero-order chi connectivity index (χ0) is 18.2. The molecule has 0 unspecified atom stereocenters. The van der Waals surface area contributed by atoms with Gasteiger partial charge in [-0.3, -0.25) is 9.59 Å². The molecule has 0 bridgehead atoms. The number of nitrogens with one attached hydrogen (secondary N) is 2. The van der Waals surface area contributed by atoms with Crippen LogP contribution in [0.2, 0.25) is 0 Å². The first kappa shape index (κ1) is 18.2. The summed E-state index contributed by atoms with van der Waals surface area (Å²) in [5.41, 5.74) is 1.23. The molecule has 5 heteroatoms. The normalized spacial score (nSPS) is 19.7. The molecule has 26 heavy (non-hydrogen) atoms. The summed E-state index contributed by atoms with van der Waals surface area (Å²) in [6.45, 7) is 1.08. The molecule has 0 radical (unpaired) electrons. The quantitative estimate of drug-likeness (QED) is 0.803. The molecule has 1 aliphatic rings. The first-order valence-electron chi connectivity index (χ1n) is 9.34. The van der Waals surface area contributed by atoms with E-state index in [0.717, 1.165) is 37.9 Å². The lowest BCUT2D eigenvalue weighted by Crippen LogP contribution is -2.37. The lowest BCUT2D eigenvalue weighted by atomic mass is 9.81. The van der Waals surface area contributed by atoms with Crippen molar-refractivity contribution in [3.63, 3.8) is 0 Å². The molecule has 3 rings (SSSR count). The number of hydrogen-bond donors (Lipinski definition) is 2. The van der Waals surface area contributed by atoms with Gasteiger partial charge in [-0.05, 0) is 49.8 Å². The van der Waals surface area contributed by atoms with Gasteiger partial charge in [0, 0.05) is 18.4 Å². The molecule has 1 aromatic carbocycles. The summed E-state index contributed by atoms with van der Waals surface area (Å²) in [6, 6.07) is 13.8. The van der Waals surface area contributed by atoms with Crippen LogP contribution >= 0.6 is 0 Å². The van der Waals surface area contributed by atoms with Gasteiger partial charge in [0.25, 0.3) is 0 Å². The summed E-state index contributed by atoms with van der Waals surface area (Å²) in [7, 11) is 0. The summed E-state index contributed by atoms with van der Waals surface area (Å²) in [4.78, 5) is 24.6. The Morgan fingerprint density at radius 2 is 1.54 bits per heavy atom. The molecule has 1 heterocycles. The van der Waals surface area contributed by atoms with Crippen molar-refractivity contribution in [2.24, 2.45) is 11.8 Å². The third-order valence-corrected chi connectivity index (χ3v) is 5.04. The highest BCUT2D eigenvalue weighted by molar-refractivity contribution is 5.81. The summed E-state index contributed by atoms with van der Waals surface area (Å²) in [6.07, 6.45) is 5.52. The van der Waals surface area contributed by atoms with E-state index in [1.807, 2.05) is 30.3 Å². The number of rotatable bonds is 7. The second kappa shape index (κ2) is 9.22. The van der Waals surface area contributed by atoms with Crippen molar-refractivity contribution in [3.8, 4) is 0 Å². The van der Waals surface area contributed by atoms with Crippen molar-refractivity contribution >= 4 is 11.8 Å². The predicted molar refractivity (Wildman–Crippen MR) is 99.2 cm³/mol. The third kappa shape index (κ3) is 5.22. The average molecular weight is 354 g/mol. The summed E-state index contributed by atoms with van der Waals surface area (Å²) < 4.78 is 5.22. The average Bonchev–Trinajstić information content (AvgIpc) is 3.20. The minimum Gasteiger partial charge on any atom is -0.467 e. The summed E-state index contributed by atoms with van der Waals surface area (Å²) >= 11 is 0. The first-order chi connectivity index (χ1) is 12.7. The topological polar surface area (TPSA) is 71.3 Å². The van der Waals surface area contributed by atoms with E-state index in [4.69, 9.17) is 4.42 Å². The van der Waals surface area contributed by atoms with Crippen molar-refractivity contribution < 1.29 is 14.0 Å². The molecule has 0 atom stereocenters. The van der Waals surface area contributed by atoms with Gasteiger partial charge >= 0.3 is 0 Å². The maximum atomic E-state index is 12.3. The fraction of sp³-hybridized carbons (Fsp3) is 0.429. The fourth-order valence-electron chi connectivity index (χ4n) is 3.47. The summed E-state index contributed by atoms with van der Waals surface area (Å²) in [5.74, 6) is 0.961. The largest absolute Gasteiger partial charge is 0.467 e. The number of amides is 2. The van der Waals surface area contributed by atoms with E-state index in [2.05, 4.69) is 22.8 Å². The van der Waals surface area contributed by atoms with Gasteiger partial charge < -0.3 is 15.1 Å². The van der Waals surface area contributed by atoms with Gasteiger partial charge in [-0.15, -0.1) is 0 Å². The van der Waals surface area contributed by atoms with Gasteiger partial charge in [0.1, 0.15) is 5.76 Å². The molecule has 1 aliphatic carbocycles. The Bertz CT molecular complexity index is 689. The molecular weight excluding hydrogens is 328 g/mol. The van der Waals surface area contributed by atoms with Gasteiger partial charge in [0.05, 0.1) is 12.8 Å². The van der Waals surface area contributed by atoms with E-state index in [-0.39, 0.29) is 23.7 Å². The van der Waals surface area contributed by atoms with Gasteiger partial charge in [0.2, 0.25) is 11.8 Å². The lowest BCUT2D eigenvalue weighted by molar-refractivity contribution is -0.130. The minimum absolute atomic E-state index is 0.00155. The zero-order valence-electron chi connectivity index (χ0n) is 14.9. The number of benzene rings is 1. The Hall–Kier alpha value is -2.56. The molecule has 2 amide bonds. The van der Waals surface area contributed by atoms with E-state index < -0.39 is 0 Å². The number of carbonyl (C=O) groups is 2. The Labute approximate surface area is 154 Å². The van der Waals surface area contributed by atoms with Gasteiger partial charge in [-0.2, -0.15) is 0 Å². The van der Waals surface area contributed by atoms with Crippen LogP contribution in [0.15, 0.2) is 53.1 Å². The van der Waals surface area contributed by atoms with Crippen molar-refractivity contribution in [2.75, 3.05) is 6.54 Å². The Balaban J connectivity index is 1.34. The molecule has 2 N–H and O–H groups in total. The van der Waals surface area contributed by atoms with Gasteiger partial charge in [0.15, 0.2) is 0 Å². The van der Waals surface area contributed by atoms with Crippen LogP contribution in [0.1, 0.15) is 37.0 Å². The van der Waals surface area contributed by atoms with Gasteiger partial charge in [-0.25, -0.2) is 0 Å². The highest BCUT2D eigenvalue weighted by atomic mass is 16.3. The van der Waals surface area contributed by atoms with Crippen LogP contribution in [-0.4, -0.2) is 18.4 Å². The molecule has 0 aliphatic heterocycles. The standard InChI is InChI=1S/C21H26N2O3/c24-20(22-13-12-16-5-2-1-3-6-16)17-8-10-18(11-9-17)21(25)23-15-19-7-4-14-26-19/h1-7,14,17-18H,8-13,15H2,(H,22,24)(H,23,25). The molecule has 2 aromatic rings. The van der Waals surface area contributed by atoms with E-state index in [1.165, 1.54) is 5.56 Å². The fourth-order valence-corrected chi connectivity index (χ4v) is 3.47. The monoisotopic (exact) mass is 354 g/mol. The number of hydrogen-bond acceptors (Lipinski definition) is 3. The van der Waals surface area contributed by atoms with Crippen molar-refractivity contribution in [2.45, 2.75) is 38.6 Å². The molecule has 1 saturated carbocycles. The van der Waals surface area contributed by atoms with Crippen LogP contribution in [0, 0.1) is 11.8 Å². The summed E-state index contributed by atoms with van der Waals surface area (Å²) in [5, 5.41) is 5.95. The smallest absolute Gasteiger partial charge is 0.223 e. The highest BCUT2D eigenvalue weighted by Gasteiger charge is 2.29. The molecule has 1 fully saturated rings. The van der Waals surface area contributed by atoms with Gasteiger partial charge in [-0.1, -0.05) is 30.3 Å². The van der Waals surface area contributed by atoms with E-state index in [0.29, 0.717) is 13.1 Å². The Morgan fingerprint density at radius 1 is 0.885 bits per heavy atom. The zero-order valence-corrected chi connectivity index (χ0v) is 14.9. The SMILES string of the molecule is O=C(NCCc1ccccc1)C1CCC(C(=O)NCc2ccco2)CC1. The predicted octanol–water partition coefficient (Wildman–Crippen LogP) is 3.06. The number of carbonyl (C=O) groups excluding carboxylic acids is 2. The Kier molecular flexibility index (Phi) is 6.47. The van der Waals surface area contributed by atoms with Crippen molar-refractivity contribution in [1.82, 2.24) is 10.6 Å². The van der Waals surface area contributed by atoms with E-state index in [1.54, 1.807) is 6.26 Å². The van der Waals surface area contributed by atoms with Crippen LogP contribution in [0.4, 0.5) is 0 Å². The number of furan rings is 1. The van der Waals surface area contributed by atoms with Crippen LogP contribution in [0.5, 0.6) is 0 Å². The van der Waals surface area contributed by atoms with Crippen LogP contribution in [0.3, 0.4) is 0 Å². The molecular formula is C21H26N2O3. The lowest BCUT2D eigenvalue weighted by Gasteiger charge is -2.27. The second-order valence-corrected chi connectivity index (χ2v) is 6.87. The molecule has 5 nitrogen and oxygen atoms in total. The first-order valence-corrected chi connectivity index (χ1v) is 9.34. The molecule has 0 spiro atoms. The second-order valence-electron chi connectivity index (χ2n) is 6.87. The third-order valence-electron chi connectivity index (χ3n) is 5.04. The van der Waals surface area contributed by atoms with E-state index in [9.17, 15) is 9.59 Å². The Morgan fingerprint density at radius 3 is 2.15 bits per heavy atom. The van der Waals surface area contributed by atoms with E-state index >= 15 is 0 Å². The van der Waals surface area contributed by atoms with Crippen molar-refractivity contribution in [1.29, 1.82) is 0 Å². The van der Waals surface area contributed by atoms with Crippen LogP contribution < -0.4 is 10.6 Å². The molecule has 1 aromatic heterocycles. The molecule has 0 saturated heterocycles.